The van der Waals surface area contributed by atoms with E-state index in [4.69, 9.17) is 10.5 Å². The molecule has 16 heavy (non-hydrogen) atoms. The number of aromatic hydroxyl groups is 1. The highest BCUT2D eigenvalue weighted by Crippen LogP contribution is 2.30. The van der Waals surface area contributed by atoms with Crippen LogP contribution in [-0.2, 0) is 12.8 Å². The minimum absolute atomic E-state index is 0.319. The zero-order chi connectivity index (χ0) is 12.0. The molecular weight excluding hydrogens is 202 g/mol. The predicted molar refractivity (Wildman–Crippen MR) is 66.0 cm³/mol. The highest BCUT2D eigenvalue weighted by Gasteiger charge is 2.09. The van der Waals surface area contributed by atoms with E-state index in [1.807, 2.05) is 0 Å². The van der Waals surface area contributed by atoms with Crippen LogP contribution in [0.3, 0.4) is 0 Å². The van der Waals surface area contributed by atoms with Crippen LogP contribution in [0.1, 0.15) is 31.4 Å². The second-order valence-electron chi connectivity index (χ2n) is 3.79. The fraction of sp³-hybridized carbons (Fsp3) is 0.538. The van der Waals surface area contributed by atoms with E-state index >= 15 is 0 Å². The van der Waals surface area contributed by atoms with Crippen molar-refractivity contribution in [2.75, 3.05) is 13.2 Å². The first-order valence-corrected chi connectivity index (χ1v) is 5.90. The number of hydrogen-bond donors (Lipinski definition) is 2. The molecule has 0 atom stereocenters. The van der Waals surface area contributed by atoms with E-state index in [9.17, 15) is 5.11 Å². The van der Waals surface area contributed by atoms with Gasteiger partial charge in [0.1, 0.15) is 11.5 Å². The lowest BCUT2D eigenvalue weighted by molar-refractivity contribution is 0.306. The molecule has 1 aromatic carbocycles. The van der Waals surface area contributed by atoms with Gasteiger partial charge in [0.25, 0.3) is 0 Å². The molecule has 0 aromatic heterocycles. The topological polar surface area (TPSA) is 55.5 Å². The Morgan fingerprint density at radius 3 is 2.19 bits per heavy atom. The highest BCUT2D eigenvalue weighted by molar-refractivity contribution is 5.47. The van der Waals surface area contributed by atoms with Crippen molar-refractivity contribution in [1.82, 2.24) is 0 Å². The molecular formula is C13H21NO2. The second kappa shape index (κ2) is 6.38. The molecule has 3 nitrogen and oxygen atoms in total. The van der Waals surface area contributed by atoms with Gasteiger partial charge in [0.15, 0.2) is 0 Å². The maximum Gasteiger partial charge on any atom is 0.125 e. The van der Waals surface area contributed by atoms with Crippen molar-refractivity contribution in [2.24, 2.45) is 5.73 Å². The number of aryl methyl sites for hydroxylation is 2. The molecule has 0 fully saturated rings. The normalized spacial score (nSPS) is 10.4. The van der Waals surface area contributed by atoms with Crippen LogP contribution >= 0.6 is 0 Å². The molecule has 1 rings (SSSR count). The Hall–Kier alpha value is -1.22. The molecule has 0 aliphatic carbocycles. The first-order valence-electron chi connectivity index (χ1n) is 5.90. The molecule has 0 amide bonds. The lowest BCUT2D eigenvalue weighted by Gasteiger charge is -2.15. The number of phenolic OH excluding ortho intramolecular Hbond substituents is 1. The Bertz CT molecular complexity index is 312. The van der Waals surface area contributed by atoms with Crippen LogP contribution in [0.5, 0.6) is 11.5 Å². The summed E-state index contributed by atoms with van der Waals surface area (Å²) in [5.74, 6) is 1.25. The fourth-order valence-electron chi connectivity index (χ4n) is 1.70. The monoisotopic (exact) mass is 223 g/mol. The molecule has 3 heteroatoms. The summed E-state index contributed by atoms with van der Waals surface area (Å²) in [5.41, 5.74) is 7.57. The van der Waals surface area contributed by atoms with E-state index in [0.717, 1.165) is 36.1 Å². The average Bonchev–Trinajstić information content (AvgIpc) is 2.30. The summed E-state index contributed by atoms with van der Waals surface area (Å²) in [6.07, 6.45) is 2.58. The molecule has 90 valence electrons. The summed E-state index contributed by atoms with van der Waals surface area (Å²) in [6, 6.07) is 3.55. The molecule has 0 unspecified atom stereocenters. The zero-order valence-electron chi connectivity index (χ0n) is 10.1. The van der Waals surface area contributed by atoms with E-state index < -0.39 is 0 Å². The number of benzene rings is 1. The molecule has 0 spiro atoms. The number of ether oxygens (including phenoxy) is 1. The minimum atomic E-state index is 0.319. The largest absolute Gasteiger partial charge is 0.508 e. The smallest absolute Gasteiger partial charge is 0.125 e. The van der Waals surface area contributed by atoms with Crippen molar-refractivity contribution in [3.8, 4) is 11.5 Å². The molecule has 3 N–H and O–H groups in total. The van der Waals surface area contributed by atoms with E-state index in [1.54, 1.807) is 12.1 Å². The van der Waals surface area contributed by atoms with Crippen molar-refractivity contribution in [2.45, 2.75) is 33.1 Å². The lowest BCUT2D eigenvalue weighted by Crippen LogP contribution is -2.08. The molecule has 0 saturated carbocycles. The number of phenols is 1. The van der Waals surface area contributed by atoms with Crippen LogP contribution in [0.2, 0.25) is 0 Å². The van der Waals surface area contributed by atoms with Crippen molar-refractivity contribution in [3.63, 3.8) is 0 Å². The van der Waals surface area contributed by atoms with E-state index in [-0.39, 0.29) is 0 Å². The molecule has 1 aromatic rings. The predicted octanol–water partition coefficient (Wildman–Crippen LogP) is 2.24. The van der Waals surface area contributed by atoms with Gasteiger partial charge < -0.3 is 15.6 Å². The summed E-state index contributed by atoms with van der Waals surface area (Å²) in [5, 5.41) is 9.58. The Balaban J connectivity index is 2.93. The van der Waals surface area contributed by atoms with Gasteiger partial charge in [0, 0.05) is 0 Å². The van der Waals surface area contributed by atoms with Gasteiger partial charge in [0.05, 0.1) is 6.61 Å². The standard InChI is InChI=1S/C13H21NO2/c1-3-10-8-12(15)9-11(4-2)13(10)16-7-5-6-14/h8-9,15H,3-7,14H2,1-2H3. The van der Waals surface area contributed by atoms with Gasteiger partial charge >= 0.3 is 0 Å². The zero-order valence-corrected chi connectivity index (χ0v) is 10.1. The third-order valence-electron chi connectivity index (χ3n) is 2.58. The summed E-state index contributed by atoms with van der Waals surface area (Å²) < 4.78 is 5.75. The van der Waals surface area contributed by atoms with Crippen LogP contribution < -0.4 is 10.5 Å². The first-order chi connectivity index (χ1) is 7.72. The first kappa shape index (κ1) is 12.8. The average molecular weight is 223 g/mol. The van der Waals surface area contributed by atoms with E-state index in [1.165, 1.54) is 0 Å². The minimum Gasteiger partial charge on any atom is -0.508 e. The third kappa shape index (κ3) is 3.14. The quantitative estimate of drug-likeness (QED) is 0.727. The number of hydrogen-bond acceptors (Lipinski definition) is 3. The van der Waals surface area contributed by atoms with Crippen molar-refractivity contribution in [3.05, 3.63) is 23.3 Å². The van der Waals surface area contributed by atoms with E-state index in [0.29, 0.717) is 18.9 Å². The SMILES string of the molecule is CCc1cc(O)cc(CC)c1OCCCN. The summed E-state index contributed by atoms with van der Waals surface area (Å²) >= 11 is 0. The summed E-state index contributed by atoms with van der Waals surface area (Å²) in [6.45, 7) is 5.40. The van der Waals surface area contributed by atoms with Crippen molar-refractivity contribution >= 4 is 0 Å². The molecule has 0 bridgehead atoms. The fourth-order valence-corrected chi connectivity index (χ4v) is 1.70. The molecule has 0 aliphatic rings. The van der Waals surface area contributed by atoms with Crippen molar-refractivity contribution < 1.29 is 9.84 Å². The van der Waals surface area contributed by atoms with Crippen LogP contribution in [0, 0.1) is 0 Å². The third-order valence-corrected chi connectivity index (χ3v) is 2.58. The van der Waals surface area contributed by atoms with Crippen LogP contribution in [-0.4, -0.2) is 18.3 Å². The Kier molecular flexibility index (Phi) is 5.12. The molecule has 0 aliphatic heterocycles. The van der Waals surface area contributed by atoms with E-state index in [2.05, 4.69) is 13.8 Å². The maximum atomic E-state index is 9.58. The summed E-state index contributed by atoms with van der Waals surface area (Å²) in [4.78, 5) is 0. The molecule has 0 heterocycles. The second-order valence-corrected chi connectivity index (χ2v) is 3.79. The molecule has 0 radical (unpaired) electrons. The van der Waals surface area contributed by atoms with Gasteiger partial charge in [0.2, 0.25) is 0 Å². The van der Waals surface area contributed by atoms with Gasteiger partial charge in [-0.25, -0.2) is 0 Å². The van der Waals surface area contributed by atoms with Gasteiger partial charge in [-0.05, 0) is 49.1 Å². The van der Waals surface area contributed by atoms with Gasteiger partial charge in [-0.15, -0.1) is 0 Å². The highest BCUT2D eigenvalue weighted by atomic mass is 16.5. The Labute approximate surface area is 97.2 Å². The Morgan fingerprint density at radius 2 is 1.75 bits per heavy atom. The van der Waals surface area contributed by atoms with Gasteiger partial charge in [-0.1, -0.05) is 13.8 Å². The van der Waals surface area contributed by atoms with Gasteiger partial charge in [-0.2, -0.15) is 0 Å². The maximum absolute atomic E-state index is 9.58. The lowest BCUT2D eigenvalue weighted by atomic mass is 10.0. The molecule has 0 saturated heterocycles. The van der Waals surface area contributed by atoms with Crippen LogP contribution in [0.15, 0.2) is 12.1 Å². The van der Waals surface area contributed by atoms with Crippen molar-refractivity contribution in [1.29, 1.82) is 0 Å². The number of rotatable bonds is 6. The number of nitrogens with two attached hydrogens (primary N) is 1. The summed E-state index contributed by atoms with van der Waals surface area (Å²) in [7, 11) is 0. The van der Waals surface area contributed by atoms with Crippen LogP contribution in [0.4, 0.5) is 0 Å². The Morgan fingerprint density at radius 1 is 1.19 bits per heavy atom. The van der Waals surface area contributed by atoms with Crippen LogP contribution in [0.25, 0.3) is 0 Å². The van der Waals surface area contributed by atoms with Gasteiger partial charge in [-0.3, -0.25) is 0 Å².